The lowest BCUT2D eigenvalue weighted by Crippen LogP contribution is -2.56. The summed E-state index contributed by atoms with van der Waals surface area (Å²) in [6.45, 7) is 8.86. The highest BCUT2D eigenvalue weighted by Crippen LogP contribution is 2.41. The van der Waals surface area contributed by atoms with E-state index in [0.717, 1.165) is 77.8 Å². The first-order chi connectivity index (χ1) is 30.9. The third kappa shape index (κ3) is 8.25. The highest BCUT2D eigenvalue weighted by atomic mass is 16.5. The van der Waals surface area contributed by atoms with E-state index >= 15 is 0 Å². The Morgan fingerprint density at radius 1 is 0.703 bits per heavy atom. The Bertz CT molecular complexity index is 2680. The van der Waals surface area contributed by atoms with Gasteiger partial charge in [0.1, 0.15) is 23.7 Å². The molecule has 14 heteroatoms. The molecule has 0 radical (unpaired) electrons. The number of nitrogens with zero attached hydrogens (tertiary/aromatic N) is 4. The molecule has 12 rings (SSSR count). The second-order valence-corrected chi connectivity index (χ2v) is 18.5. The zero-order valence-electron chi connectivity index (χ0n) is 37.4. The van der Waals surface area contributed by atoms with Crippen LogP contribution in [-0.2, 0) is 31.9 Å². The molecule has 5 aromatic rings. The van der Waals surface area contributed by atoms with E-state index in [9.17, 15) is 19.2 Å². The van der Waals surface area contributed by atoms with Crippen molar-refractivity contribution in [3.63, 3.8) is 0 Å². The van der Waals surface area contributed by atoms with Gasteiger partial charge in [-0.3, -0.25) is 9.59 Å². The van der Waals surface area contributed by atoms with Crippen LogP contribution in [0.1, 0.15) is 99.7 Å². The van der Waals surface area contributed by atoms with Crippen LogP contribution in [0.2, 0.25) is 0 Å². The van der Waals surface area contributed by atoms with E-state index in [1.165, 1.54) is 42.0 Å². The maximum Gasteiger partial charge on any atom is 0.407 e. The van der Waals surface area contributed by atoms with Crippen molar-refractivity contribution in [2.24, 2.45) is 17.8 Å². The lowest BCUT2D eigenvalue weighted by atomic mass is 9.76. The SMILES string of the molecule is COC(=O)NC(C(=O)N1CCC1c1nc2ccc(-c3cc4ccc3CCC3=CC(c5ccc6nc(C7CCN7C(=O)C(NC(=O)OC)C(C)C)[nH]c6c5)C(C=C3)CC4)cc2[nH]1)C(C)C. The molecular weight excluding hydrogens is 809 g/mol. The minimum Gasteiger partial charge on any atom is -0.453 e. The zero-order valence-corrected chi connectivity index (χ0v) is 37.4. The van der Waals surface area contributed by atoms with E-state index in [-0.39, 0.29) is 41.7 Å². The Morgan fingerprint density at radius 2 is 1.30 bits per heavy atom. The van der Waals surface area contributed by atoms with Crippen LogP contribution in [0.25, 0.3) is 33.2 Å². The topological polar surface area (TPSA) is 175 Å². The average molecular weight is 867 g/mol. The number of methoxy groups -OCH3 is 2. The molecule has 3 aromatic carbocycles. The summed E-state index contributed by atoms with van der Waals surface area (Å²) >= 11 is 0. The van der Waals surface area contributed by atoms with Crippen LogP contribution in [0.4, 0.5) is 9.59 Å². The number of imidazole rings is 2. The first-order valence-corrected chi connectivity index (χ1v) is 22.7. The van der Waals surface area contributed by atoms with Gasteiger partial charge in [0.05, 0.1) is 48.4 Å². The van der Waals surface area contributed by atoms with E-state index in [0.29, 0.717) is 19.0 Å². The summed E-state index contributed by atoms with van der Waals surface area (Å²) in [5, 5.41) is 5.42. The third-order valence-corrected chi connectivity index (χ3v) is 13.8. The minimum absolute atomic E-state index is 0.0984. The second kappa shape index (κ2) is 17.6. The number of fused-ring (bicyclic) bond motifs is 2. The molecule has 4 N–H and O–H groups in total. The molecule has 4 heterocycles. The number of aryl methyl sites for hydroxylation is 2. The van der Waals surface area contributed by atoms with Crippen molar-refractivity contribution >= 4 is 46.1 Å². The number of carbonyl (C=O) groups excluding carboxylic acids is 4. The van der Waals surface area contributed by atoms with Crippen LogP contribution in [0.5, 0.6) is 0 Å². The highest BCUT2D eigenvalue weighted by molar-refractivity contribution is 5.88. The number of aromatic nitrogens is 4. The maximum atomic E-state index is 13.6. The number of hydrogen-bond donors (Lipinski definition) is 4. The molecule has 4 amide bonds. The number of ether oxygens (including phenoxy) is 2. The van der Waals surface area contributed by atoms with E-state index in [2.05, 4.69) is 93.4 Å². The van der Waals surface area contributed by atoms with Crippen LogP contribution in [-0.4, -0.2) is 93.1 Å². The summed E-state index contributed by atoms with van der Waals surface area (Å²) in [6, 6.07) is 18.2. The number of H-pyrrole nitrogens is 2. The molecule has 2 fully saturated rings. The summed E-state index contributed by atoms with van der Waals surface area (Å²) in [5.41, 5.74) is 11.1. The van der Waals surface area contributed by atoms with Crippen LogP contribution < -0.4 is 10.6 Å². The van der Waals surface area contributed by atoms with Gasteiger partial charge in [-0.1, -0.05) is 81.8 Å². The van der Waals surface area contributed by atoms with E-state index in [1.54, 1.807) is 9.80 Å². The van der Waals surface area contributed by atoms with Crippen molar-refractivity contribution in [2.75, 3.05) is 27.3 Å². The lowest BCUT2D eigenvalue weighted by Gasteiger charge is -2.42. The van der Waals surface area contributed by atoms with Gasteiger partial charge in [-0.05, 0) is 108 Å². The summed E-state index contributed by atoms with van der Waals surface area (Å²) < 4.78 is 9.57. The summed E-state index contributed by atoms with van der Waals surface area (Å²) in [5.74, 6) is 1.58. The third-order valence-electron chi connectivity index (χ3n) is 13.8. The molecule has 5 aliphatic carbocycles. The first-order valence-electron chi connectivity index (χ1n) is 22.7. The number of nitrogens with one attached hydrogen (secondary N) is 4. The summed E-state index contributed by atoms with van der Waals surface area (Å²) in [6.07, 6.45) is 11.2. The molecule has 2 aliphatic heterocycles. The van der Waals surface area contributed by atoms with Gasteiger partial charge in [-0.25, -0.2) is 19.6 Å². The molecule has 14 nitrogen and oxygen atoms in total. The van der Waals surface area contributed by atoms with Gasteiger partial charge >= 0.3 is 12.2 Å². The molecule has 0 saturated carbocycles. The number of hydrogen-bond acceptors (Lipinski definition) is 8. The fourth-order valence-electron chi connectivity index (χ4n) is 9.83. The van der Waals surface area contributed by atoms with Gasteiger partial charge in [0.15, 0.2) is 0 Å². The highest BCUT2D eigenvalue weighted by Gasteiger charge is 2.41. The van der Waals surface area contributed by atoms with Gasteiger partial charge in [0.25, 0.3) is 0 Å². The van der Waals surface area contributed by atoms with Crippen molar-refractivity contribution in [3.05, 3.63) is 107 Å². The quantitative estimate of drug-likeness (QED) is 0.109. The monoisotopic (exact) mass is 866 g/mol. The second-order valence-electron chi connectivity index (χ2n) is 18.5. The molecule has 0 spiro atoms. The molecule has 6 atom stereocenters. The van der Waals surface area contributed by atoms with Crippen molar-refractivity contribution in [1.29, 1.82) is 0 Å². The Kier molecular flexibility index (Phi) is 11.8. The van der Waals surface area contributed by atoms with Crippen molar-refractivity contribution in [1.82, 2.24) is 40.4 Å². The van der Waals surface area contributed by atoms with E-state index in [1.807, 2.05) is 27.7 Å². The van der Waals surface area contributed by atoms with E-state index in [4.69, 9.17) is 19.4 Å². The number of amides is 4. The average Bonchev–Trinajstić information content (AvgIpc) is 3.86. The largest absolute Gasteiger partial charge is 0.453 e. The normalized spacial score (nSPS) is 21.5. The fourth-order valence-corrected chi connectivity index (χ4v) is 9.83. The molecule has 4 bridgehead atoms. The van der Waals surface area contributed by atoms with Gasteiger partial charge in [0, 0.05) is 19.0 Å². The van der Waals surface area contributed by atoms with Crippen molar-refractivity contribution in [3.8, 4) is 11.1 Å². The predicted octanol–water partition coefficient (Wildman–Crippen LogP) is 8.19. The molecule has 6 unspecified atom stereocenters. The number of likely N-dealkylation sites (tertiary alicyclic amines) is 2. The van der Waals surface area contributed by atoms with Gasteiger partial charge < -0.3 is 39.9 Å². The predicted molar refractivity (Wildman–Crippen MR) is 244 cm³/mol. The molecule has 7 aliphatic rings. The lowest BCUT2D eigenvalue weighted by molar-refractivity contribution is -0.143. The number of carbonyl (C=O) groups is 4. The van der Waals surface area contributed by atoms with Crippen LogP contribution >= 0.6 is 0 Å². The van der Waals surface area contributed by atoms with Crippen molar-refractivity contribution in [2.45, 2.75) is 96.3 Å². The first kappa shape index (κ1) is 42.8. The number of aromatic amines is 2. The summed E-state index contributed by atoms with van der Waals surface area (Å²) in [7, 11) is 2.60. The molecule has 64 heavy (non-hydrogen) atoms. The zero-order chi connectivity index (χ0) is 44.8. The van der Waals surface area contributed by atoms with Gasteiger partial charge in [-0.15, -0.1) is 0 Å². The fraction of sp³-hybridized carbons (Fsp3) is 0.440. The van der Waals surface area contributed by atoms with Crippen LogP contribution in [0.3, 0.4) is 0 Å². The molecular formula is C50H58N8O6. The Labute approximate surface area is 373 Å². The Morgan fingerprint density at radius 3 is 1.86 bits per heavy atom. The standard InChI is InChI=1S/C50H58N8O6/c1-27(2)43(55-49(61)63-5)47(59)57-21-19-41(57)45-51-37-17-15-33(25-39(37)53-45)35-23-29-7-11-31(35)13-9-30-8-12-32(14-10-29)36(24-30)34-16-18-38-40(26-34)54-46(52-38)42-20-22-58(42)48(60)44(28(3)4)56-50(62)64-6/h7-8,11-12,15-18,23-28,31,35,41-44H,9-10,13-14,19-22H2,1-6H3,(H,51,53)(H,52,54)(H,55,61)(H,56,62). The number of allylic oxidation sites excluding steroid dienone is 4. The van der Waals surface area contributed by atoms with Gasteiger partial charge in [-0.2, -0.15) is 0 Å². The number of benzene rings is 3. The van der Waals surface area contributed by atoms with Gasteiger partial charge in [0.2, 0.25) is 11.8 Å². The summed E-state index contributed by atoms with van der Waals surface area (Å²) in [4.78, 5) is 71.8. The van der Waals surface area contributed by atoms with E-state index < -0.39 is 24.3 Å². The molecule has 334 valence electrons. The van der Waals surface area contributed by atoms with Crippen molar-refractivity contribution < 1.29 is 28.7 Å². The van der Waals surface area contributed by atoms with Crippen LogP contribution in [0.15, 0.2) is 78.4 Å². The molecule has 2 saturated heterocycles. The maximum absolute atomic E-state index is 13.6. The number of rotatable bonds is 10. The number of alkyl carbamates (subject to hydrolysis) is 2. The minimum atomic E-state index is -0.682. The van der Waals surface area contributed by atoms with Crippen LogP contribution in [0, 0.1) is 17.8 Å². The smallest absolute Gasteiger partial charge is 0.407 e. The Balaban J connectivity index is 0.916. The molecule has 2 aromatic heterocycles. The Hall–Kier alpha value is -6.44.